The molecule has 6 nitrogen and oxygen atoms in total. The van der Waals surface area contributed by atoms with E-state index >= 15 is 0 Å². The Labute approximate surface area is 94.7 Å². The highest BCUT2D eigenvalue weighted by Gasteiger charge is 2.41. The van der Waals surface area contributed by atoms with Gasteiger partial charge in [0.05, 0.1) is 6.20 Å². The Balaban J connectivity index is 2.04. The third kappa shape index (κ3) is 2.26. The molecule has 0 unspecified atom stereocenters. The second-order valence-electron chi connectivity index (χ2n) is 4.36. The van der Waals surface area contributed by atoms with Gasteiger partial charge in [0.25, 0.3) is 10.0 Å². The molecular weight excluding hydrogens is 228 g/mol. The summed E-state index contributed by atoms with van der Waals surface area (Å²) in [6, 6.07) is 0. The van der Waals surface area contributed by atoms with Crippen molar-refractivity contribution in [1.82, 2.24) is 14.7 Å². The van der Waals surface area contributed by atoms with Crippen LogP contribution in [-0.2, 0) is 10.0 Å². The van der Waals surface area contributed by atoms with E-state index in [1.165, 1.54) is 6.20 Å². The highest BCUT2D eigenvalue weighted by atomic mass is 32.2. The minimum absolute atomic E-state index is 0.0118. The molecule has 1 fully saturated rings. The van der Waals surface area contributed by atoms with Gasteiger partial charge in [0, 0.05) is 6.54 Å². The molecule has 90 valence electrons. The van der Waals surface area contributed by atoms with Crippen molar-refractivity contribution in [2.45, 2.75) is 24.8 Å². The quantitative estimate of drug-likeness (QED) is 0.664. The van der Waals surface area contributed by atoms with Crippen LogP contribution in [0.25, 0.3) is 0 Å². The van der Waals surface area contributed by atoms with Gasteiger partial charge in [-0.15, -0.1) is 0 Å². The molecule has 0 atom stereocenters. The zero-order valence-electron chi connectivity index (χ0n) is 9.16. The first-order chi connectivity index (χ1) is 7.47. The van der Waals surface area contributed by atoms with E-state index in [0.717, 1.165) is 12.8 Å². The summed E-state index contributed by atoms with van der Waals surface area (Å²) in [6.07, 6.45) is 3.31. The number of rotatable bonds is 5. The van der Waals surface area contributed by atoms with Crippen molar-refractivity contribution in [1.29, 1.82) is 0 Å². The number of hydrogen-bond donors (Lipinski definition) is 3. The van der Waals surface area contributed by atoms with Crippen LogP contribution in [0.3, 0.4) is 0 Å². The summed E-state index contributed by atoms with van der Waals surface area (Å²) >= 11 is 0. The standard InChI is InChI=1S/C9H16N4O2S/c1-7-11-4-8(13-7)16(14,15)12-6-9(5-10)2-3-9/h4,12H,2-3,5-6,10H2,1H3,(H,11,13). The molecule has 1 heterocycles. The number of sulfonamides is 1. The van der Waals surface area contributed by atoms with Crippen LogP contribution in [0.4, 0.5) is 0 Å². The lowest BCUT2D eigenvalue weighted by atomic mass is 10.1. The Kier molecular flexibility index (Phi) is 2.77. The summed E-state index contributed by atoms with van der Waals surface area (Å²) in [4.78, 5) is 6.56. The minimum Gasteiger partial charge on any atom is -0.332 e. The lowest BCUT2D eigenvalue weighted by molar-refractivity contribution is 0.500. The molecule has 1 aromatic rings. The van der Waals surface area contributed by atoms with E-state index in [1.807, 2.05) is 0 Å². The molecule has 1 aromatic heterocycles. The number of nitrogens with two attached hydrogens (primary N) is 1. The Morgan fingerprint density at radius 3 is 2.75 bits per heavy atom. The van der Waals surface area contributed by atoms with Crippen molar-refractivity contribution in [3.05, 3.63) is 12.0 Å². The second kappa shape index (κ2) is 3.83. The van der Waals surface area contributed by atoms with Crippen LogP contribution < -0.4 is 10.5 Å². The molecular formula is C9H16N4O2S. The van der Waals surface area contributed by atoms with Crippen LogP contribution in [0, 0.1) is 12.3 Å². The van der Waals surface area contributed by atoms with Gasteiger partial charge in [0.15, 0.2) is 5.03 Å². The molecule has 4 N–H and O–H groups in total. The van der Waals surface area contributed by atoms with Crippen molar-refractivity contribution < 1.29 is 8.42 Å². The molecule has 0 saturated heterocycles. The van der Waals surface area contributed by atoms with Gasteiger partial charge in [-0.1, -0.05) is 0 Å². The second-order valence-corrected chi connectivity index (χ2v) is 6.10. The maximum Gasteiger partial charge on any atom is 0.257 e. The highest BCUT2D eigenvalue weighted by Crippen LogP contribution is 2.43. The third-order valence-corrected chi connectivity index (χ3v) is 4.31. The fourth-order valence-corrected chi connectivity index (χ4v) is 2.62. The van der Waals surface area contributed by atoms with Crippen molar-refractivity contribution >= 4 is 10.0 Å². The minimum atomic E-state index is -3.47. The van der Waals surface area contributed by atoms with Gasteiger partial charge in [-0.2, -0.15) is 0 Å². The van der Waals surface area contributed by atoms with Gasteiger partial charge in [-0.05, 0) is 31.7 Å². The van der Waals surface area contributed by atoms with Gasteiger partial charge >= 0.3 is 0 Å². The average molecular weight is 244 g/mol. The van der Waals surface area contributed by atoms with Crippen LogP contribution >= 0.6 is 0 Å². The van der Waals surface area contributed by atoms with E-state index in [-0.39, 0.29) is 10.4 Å². The number of hydrogen-bond acceptors (Lipinski definition) is 4. The van der Waals surface area contributed by atoms with Crippen molar-refractivity contribution in [3.8, 4) is 0 Å². The maximum absolute atomic E-state index is 11.8. The van der Waals surface area contributed by atoms with E-state index < -0.39 is 10.0 Å². The van der Waals surface area contributed by atoms with Gasteiger partial charge in [-0.3, -0.25) is 0 Å². The Morgan fingerprint density at radius 2 is 2.31 bits per heavy atom. The summed E-state index contributed by atoms with van der Waals surface area (Å²) in [5.41, 5.74) is 5.57. The Morgan fingerprint density at radius 1 is 1.62 bits per heavy atom. The number of aromatic amines is 1. The molecule has 2 rings (SSSR count). The molecule has 16 heavy (non-hydrogen) atoms. The predicted octanol–water partition coefficient (Wildman–Crippen LogP) is -0.265. The van der Waals surface area contributed by atoms with Crippen molar-refractivity contribution in [3.63, 3.8) is 0 Å². The SMILES string of the molecule is Cc1ncc(S(=O)(=O)NCC2(CN)CC2)[nH]1. The van der Waals surface area contributed by atoms with Gasteiger partial charge in [0.1, 0.15) is 5.82 Å². The summed E-state index contributed by atoms with van der Waals surface area (Å²) in [6.45, 7) is 2.64. The van der Waals surface area contributed by atoms with Gasteiger partial charge < -0.3 is 10.7 Å². The molecule has 7 heteroatoms. The lowest BCUT2D eigenvalue weighted by Gasteiger charge is -2.12. The number of aryl methyl sites for hydroxylation is 1. The van der Waals surface area contributed by atoms with E-state index in [0.29, 0.717) is 18.9 Å². The van der Waals surface area contributed by atoms with Crippen molar-refractivity contribution in [2.24, 2.45) is 11.1 Å². The zero-order chi connectivity index (χ0) is 11.8. The van der Waals surface area contributed by atoms with Gasteiger partial charge in [-0.25, -0.2) is 18.1 Å². The summed E-state index contributed by atoms with van der Waals surface area (Å²) < 4.78 is 26.2. The average Bonchev–Trinajstić information content (AvgIpc) is 2.91. The number of aromatic nitrogens is 2. The molecule has 0 radical (unpaired) electrons. The van der Waals surface area contributed by atoms with Crippen LogP contribution in [0.1, 0.15) is 18.7 Å². The highest BCUT2D eigenvalue weighted by molar-refractivity contribution is 7.89. The van der Waals surface area contributed by atoms with Crippen LogP contribution in [0.5, 0.6) is 0 Å². The molecule has 0 spiro atoms. The number of H-pyrrole nitrogens is 1. The van der Waals surface area contributed by atoms with Crippen LogP contribution in [0.15, 0.2) is 11.2 Å². The number of nitrogens with one attached hydrogen (secondary N) is 2. The van der Waals surface area contributed by atoms with E-state index in [4.69, 9.17) is 5.73 Å². The monoisotopic (exact) mass is 244 g/mol. The molecule has 1 aliphatic rings. The van der Waals surface area contributed by atoms with Crippen LogP contribution in [-0.4, -0.2) is 31.5 Å². The third-order valence-electron chi connectivity index (χ3n) is 3.00. The smallest absolute Gasteiger partial charge is 0.257 e. The summed E-state index contributed by atoms with van der Waals surface area (Å²) in [5, 5.41) is 0.109. The number of nitrogens with zero attached hydrogens (tertiary/aromatic N) is 1. The lowest BCUT2D eigenvalue weighted by Crippen LogP contribution is -2.34. The molecule has 0 amide bonds. The predicted molar refractivity (Wildman–Crippen MR) is 59.2 cm³/mol. The first-order valence-electron chi connectivity index (χ1n) is 5.19. The molecule has 0 aliphatic heterocycles. The van der Waals surface area contributed by atoms with Crippen molar-refractivity contribution in [2.75, 3.05) is 13.1 Å². The first kappa shape index (κ1) is 11.6. The molecule has 1 aliphatic carbocycles. The van der Waals surface area contributed by atoms with Crippen LogP contribution in [0.2, 0.25) is 0 Å². The fourth-order valence-electron chi connectivity index (χ4n) is 1.49. The maximum atomic E-state index is 11.8. The van der Waals surface area contributed by atoms with Gasteiger partial charge in [0.2, 0.25) is 0 Å². The van der Waals surface area contributed by atoms with E-state index in [2.05, 4.69) is 14.7 Å². The summed E-state index contributed by atoms with van der Waals surface area (Å²) in [5.74, 6) is 0.584. The Bertz CT molecular complexity index is 475. The molecule has 1 saturated carbocycles. The first-order valence-corrected chi connectivity index (χ1v) is 6.67. The van der Waals surface area contributed by atoms with E-state index in [9.17, 15) is 8.42 Å². The zero-order valence-corrected chi connectivity index (χ0v) is 9.97. The Hall–Kier alpha value is -0.920. The largest absolute Gasteiger partial charge is 0.332 e. The molecule has 0 aromatic carbocycles. The number of imidazole rings is 1. The van der Waals surface area contributed by atoms with E-state index in [1.54, 1.807) is 6.92 Å². The summed E-state index contributed by atoms with van der Waals surface area (Å²) in [7, 11) is -3.47. The fraction of sp³-hybridized carbons (Fsp3) is 0.667. The normalized spacial score (nSPS) is 18.6. The topological polar surface area (TPSA) is 101 Å². The molecule has 0 bridgehead atoms.